The van der Waals surface area contributed by atoms with Gasteiger partial charge in [0.1, 0.15) is 0 Å². The molecule has 3 nitrogen and oxygen atoms in total. The molecule has 1 saturated heterocycles. The van der Waals surface area contributed by atoms with Gasteiger partial charge in [0.05, 0.1) is 39.3 Å². The molecule has 0 spiro atoms. The smallest absolute Gasteiger partial charge is 0.0936 e. The van der Waals surface area contributed by atoms with Crippen molar-refractivity contribution in [3.8, 4) is 0 Å². The zero-order chi connectivity index (χ0) is 7.78. The molecule has 1 rings (SSSR count). The van der Waals surface area contributed by atoms with Crippen LogP contribution in [0.2, 0.25) is 0 Å². The summed E-state index contributed by atoms with van der Waals surface area (Å²) in [7, 11) is 4.60. The quantitative estimate of drug-likeness (QED) is 0.517. The number of nitrogens with one attached hydrogen (secondary N) is 1. The van der Waals surface area contributed by atoms with Gasteiger partial charge in [-0.15, -0.1) is 0 Å². The highest BCUT2D eigenvalue weighted by atomic mass is 16.0. The van der Waals surface area contributed by atoms with Crippen LogP contribution in [0.1, 0.15) is 13.8 Å². The Morgan fingerprint density at radius 1 is 1.09 bits per heavy atom. The molecule has 68 valence electrons. The lowest BCUT2D eigenvalue weighted by Gasteiger charge is -2.40. The van der Waals surface area contributed by atoms with Crippen molar-refractivity contribution in [2.75, 3.05) is 27.2 Å². The monoisotopic (exact) mass is 160 g/mol. The fraction of sp³-hybridized carbons (Fsp3) is 1.00. The number of quaternary nitrogens is 1. The second kappa shape index (κ2) is 3.52. The zero-order valence-corrected chi connectivity index (χ0v) is 7.96. The van der Waals surface area contributed by atoms with Crippen molar-refractivity contribution in [1.29, 1.82) is 0 Å². The van der Waals surface area contributed by atoms with Crippen LogP contribution >= 0.6 is 0 Å². The van der Waals surface area contributed by atoms with Crippen molar-refractivity contribution in [3.63, 3.8) is 0 Å². The molecule has 2 N–H and O–H groups in total. The molecular formula is C8H20N2O. The summed E-state index contributed by atoms with van der Waals surface area (Å²) in [5, 5.41) is 3.52. The molecule has 0 aliphatic carbocycles. The van der Waals surface area contributed by atoms with Crippen LogP contribution in [0.5, 0.6) is 0 Å². The first-order valence-electron chi connectivity index (χ1n) is 4.08. The van der Waals surface area contributed by atoms with Crippen LogP contribution in [0, 0.1) is 0 Å². The van der Waals surface area contributed by atoms with Crippen molar-refractivity contribution in [2.45, 2.75) is 25.9 Å². The topological polar surface area (TPSA) is 42.0 Å². The number of hydrogen-bond donors (Lipinski definition) is 1. The second-order valence-corrected chi connectivity index (χ2v) is 4.27. The molecule has 1 heterocycles. The largest absolute Gasteiger partial charge is 0.870 e. The summed E-state index contributed by atoms with van der Waals surface area (Å²) in [6.07, 6.45) is 0. The van der Waals surface area contributed by atoms with E-state index in [-0.39, 0.29) is 5.48 Å². The van der Waals surface area contributed by atoms with E-state index in [0.29, 0.717) is 12.1 Å². The highest BCUT2D eigenvalue weighted by Crippen LogP contribution is 2.08. The molecular weight excluding hydrogens is 140 g/mol. The molecule has 1 fully saturated rings. The lowest BCUT2D eigenvalue weighted by atomic mass is 10.1. The minimum absolute atomic E-state index is 0. The Morgan fingerprint density at radius 3 is 1.73 bits per heavy atom. The summed E-state index contributed by atoms with van der Waals surface area (Å²) in [5.74, 6) is 0. The molecule has 0 radical (unpaired) electrons. The van der Waals surface area contributed by atoms with E-state index in [1.54, 1.807) is 0 Å². The van der Waals surface area contributed by atoms with Gasteiger partial charge >= 0.3 is 0 Å². The van der Waals surface area contributed by atoms with Gasteiger partial charge in [-0.3, -0.25) is 0 Å². The van der Waals surface area contributed by atoms with E-state index in [9.17, 15) is 0 Å². The van der Waals surface area contributed by atoms with Crippen molar-refractivity contribution in [1.82, 2.24) is 5.32 Å². The molecule has 11 heavy (non-hydrogen) atoms. The number of likely N-dealkylation sites (N-methyl/N-ethyl adjacent to an activating group) is 1. The summed E-state index contributed by atoms with van der Waals surface area (Å²) in [6, 6.07) is 1.36. The molecule has 2 atom stereocenters. The van der Waals surface area contributed by atoms with Crippen LogP contribution in [0.15, 0.2) is 0 Å². The van der Waals surface area contributed by atoms with Gasteiger partial charge in [-0.1, -0.05) is 0 Å². The van der Waals surface area contributed by atoms with Crippen molar-refractivity contribution in [2.24, 2.45) is 0 Å². The number of piperazine rings is 1. The van der Waals surface area contributed by atoms with Crippen molar-refractivity contribution < 1.29 is 9.96 Å². The molecule has 0 aromatic carbocycles. The average Bonchev–Trinajstić information content (AvgIpc) is 1.54. The first kappa shape index (κ1) is 10.9. The molecule has 0 bridgehead atoms. The summed E-state index contributed by atoms with van der Waals surface area (Å²) < 4.78 is 1.16. The Kier molecular flexibility index (Phi) is 3.48. The van der Waals surface area contributed by atoms with Gasteiger partial charge in [-0.05, 0) is 13.8 Å². The molecule has 0 aromatic heterocycles. The number of nitrogens with zero attached hydrogens (tertiary/aromatic N) is 1. The SMILES string of the molecule is CC1C[N+](C)(C)CC(C)N1.[OH-]. The molecule has 2 unspecified atom stereocenters. The minimum atomic E-state index is 0. The van der Waals surface area contributed by atoms with Crippen molar-refractivity contribution in [3.05, 3.63) is 0 Å². The van der Waals surface area contributed by atoms with Crippen LogP contribution in [0.4, 0.5) is 0 Å². The number of hydrogen-bond acceptors (Lipinski definition) is 2. The van der Waals surface area contributed by atoms with E-state index in [2.05, 4.69) is 33.3 Å². The maximum Gasteiger partial charge on any atom is 0.0936 e. The summed E-state index contributed by atoms with van der Waals surface area (Å²) in [5.41, 5.74) is 0. The van der Waals surface area contributed by atoms with Gasteiger partial charge in [0.25, 0.3) is 0 Å². The van der Waals surface area contributed by atoms with E-state index >= 15 is 0 Å². The normalized spacial score (nSPS) is 36.0. The van der Waals surface area contributed by atoms with Gasteiger partial charge in [0.2, 0.25) is 0 Å². The predicted molar refractivity (Wildman–Crippen MR) is 45.8 cm³/mol. The fourth-order valence-electron chi connectivity index (χ4n) is 2.15. The van der Waals surface area contributed by atoms with E-state index in [1.807, 2.05) is 0 Å². The maximum atomic E-state index is 3.52. The molecule has 3 heteroatoms. The first-order chi connectivity index (χ1) is 4.49. The third kappa shape index (κ3) is 3.18. The Morgan fingerprint density at radius 2 is 1.45 bits per heavy atom. The lowest BCUT2D eigenvalue weighted by Crippen LogP contribution is -2.61. The van der Waals surface area contributed by atoms with Crippen LogP contribution in [-0.4, -0.2) is 49.2 Å². The van der Waals surface area contributed by atoms with Crippen LogP contribution in [0.3, 0.4) is 0 Å². The molecule has 0 amide bonds. The fourth-order valence-corrected chi connectivity index (χ4v) is 2.15. The van der Waals surface area contributed by atoms with Crippen LogP contribution in [0.25, 0.3) is 0 Å². The minimum Gasteiger partial charge on any atom is -0.870 e. The molecule has 1 aliphatic heterocycles. The third-order valence-corrected chi connectivity index (χ3v) is 2.11. The first-order valence-corrected chi connectivity index (χ1v) is 4.08. The van der Waals surface area contributed by atoms with E-state index in [1.165, 1.54) is 13.1 Å². The third-order valence-electron chi connectivity index (χ3n) is 2.11. The molecule has 0 saturated carbocycles. The highest BCUT2D eigenvalue weighted by molar-refractivity contribution is 4.71. The van der Waals surface area contributed by atoms with Gasteiger partial charge in [0, 0.05) is 0 Å². The van der Waals surface area contributed by atoms with Crippen molar-refractivity contribution >= 4 is 0 Å². The Hall–Kier alpha value is -0.120. The summed E-state index contributed by atoms with van der Waals surface area (Å²) >= 11 is 0. The van der Waals surface area contributed by atoms with Crippen LogP contribution < -0.4 is 5.32 Å². The summed E-state index contributed by atoms with van der Waals surface area (Å²) in [4.78, 5) is 0. The number of rotatable bonds is 0. The van der Waals surface area contributed by atoms with Crippen LogP contribution in [-0.2, 0) is 0 Å². The van der Waals surface area contributed by atoms with Gasteiger partial charge in [0.15, 0.2) is 0 Å². The lowest BCUT2D eigenvalue weighted by molar-refractivity contribution is -0.897. The Balaban J connectivity index is 0.000001000. The standard InChI is InChI=1S/C8H19N2.H2O/c1-7-5-10(3,4)6-8(2)9-7;/h7-9H,5-6H2,1-4H3;1H2/q+1;/p-1. The average molecular weight is 160 g/mol. The molecule has 1 aliphatic rings. The predicted octanol–water partition coefficient (Wildman–Crippen LogP) is 0.266. The van der Waals surface area contributed by atoms with Gasteiger partial charge < -0.3 is 15.3 Å². The highest BCUT2D eigenvalue weighted by Gasteiger charge is 2.28. The molecule has 0 aromatic rings. The summed E-state index contributed by atoms with van der Waals surface area (Å²) in [6.45, 7) is 7.03. The van der Waals surface area contributed by atoms with Gasteiger partial charge in [-0.2, -0.15) is 0 Å². The Labute approximate surface area is 69.3 Å². The van der Waals surface area contributed by atoms with E-state index in [4.69, 9.17) is 0 Å². The zero-order valence-electron chi connectivity index (χ0n) is 7.96. The van der Waals surface area contributed by atoms with E-state index < -0.39 is 0 Å². The van der Waals surface area contributed by atoms with Gasteiger partial charge in [-0.25, -0.2) is 0 Å². The Bertz CT molecular complexity index is 113. The maximum absolute atomic E-state index is 3.52. The second-order valence-electron chi connectivity index (χ2n) is 4.27. The van der Waals surface area contributed by atoms with E-state index in [0.717, 1.165) is 4.48 Å².